The Balaban J connectivity index is 0.00000243. The average Bonchev–Trinajstić information content (AvgIpc) is 2.62. The summed E-state index contributed by atoms with van der Waals surface area (Å²) in [5, 5.41) is 6.19. The molecule has 0 bridgehead atoms. The number of carbonyl (C=O) groups excluding carboxylic acids is 1. The number of ether oxygens (including phenoxy) is 1. The predicted octanol–water partition coefficient (Wildman–Crippen LogP) is 2.97. The molecule has 1 aliphatic rings. The molecule has 140 valence electrons. The molecule has 0 spiro atoms. The molecule has 2 aromatic carbocycles. The van der Waals surface area contributed by atoms with Crippen molar-refractivity contribution in [2.75, 3.05) is 19.8 Å². The van der Waals surface area contributed by atoms with E-state index < -0.39 is 6.04 Å². The van der Waals surface area contributed by atoms with Gasteiger partial charge in [-0.3, -0.25) is 4.79 Å². The molecule has 1 heterocycles. The first-order valence-electron chi connectivity index (χ1n) is 8.23. The van der Waals surface area contributed by atoms with Gasteiger partial charge in [0.15, 0.2) is 0 Å². The summed E-state index contributed by atoms with van der Waals surface area (Å²) in [4.78, 5) is 12.4. The molecule has 26 heavy (non-hydrogen) atoms. The van der Waals surface area contributed by atoms with Crippen LogP contribution in [0, 0.1) is 11.6 Å². The molecule has 1 aliphatic heterocycles. The van der Waals surface area contributed by atoms with E-state index in [0.29, 0.717) is 13.2 Å². The summed E-state index contributed by atoms with van der Waals surface area (Å²) >= 11 is 0. The van der Waals surface area contributed by atoms with Crippen LogP contribution in [0.1, 0.15) is 23.6 Å². The molecule has 1 unspecified atom stereocenters. The van der Waals surface area contributed by atoms with Gasteiger partial charge in [0.05, 0.1) is 19.3 Å². The van der Waals surface area contributed by atoms with E-state index in [-0.39, 0.29) is 42.4 Å². The van der Waals surface area contributed by atoms with Gasteiger partial charge in [0.1, 0.15) is 11.6 Å². The highest BCUT2D eigenvalue weighted by molar-refractivity contribution is 5.85. The number of carbonyl (C=O) groups is 1. The topological polar surface area (TPSA) is 50.4 Å². The summed E-state index contributed by atoms with van der Waals surface area (Å²) in [7, 11) is 0. The van der Waals surface area contributed by atoms with Gasteiger partial charge in [0, 0.05) is 19.0 Å². The smallest absolute Gasteiger partial charge is 0.222 e. The van der Waals surface area contributed by atoms with Crippen molar-refractivity contribution in [3.63, 3.8) is 0 Å². The lowest BCUT2D eigenvalue weighted by Gasteiger charge is -2.25. The van der Waals surface area contributed by atoms with E-state index in [4.69, 9.17) is 4.74 Å². The molecule has 1 amide bonds. The lowest BCUT2D eigenvalue weighted by molar-refractivity contribution is -0.122. The zero-order chi connectivity index (χ0) is 17.6. The van der Waals surface area contributed by atoms with E-state index in [0.717, 1.165) is 17.7 Å². The van der Waals surface area contributed by atoms with Gasteiger partial charge in [-0.15, -0.1) is 12.4 Å². The van der Waals surface area contributed by atoms with Crippen molar-refractivity contribution in [2.24, 2.45) is 0 Å². The van der Waals surface area contributed by atoms with E-state index in [1.165, 1.54) is 24.3 Å². The molecular formula is C19H21ClF2N2O2. The number of morpholine rings is 1. The summed E-state index contributed by atoms with van der Waals surface area (Å²) in [5.74, 6) is -0.852. The van der Waals surface area contributed by atoms with E-state index in [1.54, 1.807) is 24.3 Å². The minimum atomic E-state index is -0.474. The van der Waals surface area contributed by atoms with Gasteiger partial charge in [-0.05, 0) is 35.4 Å². The minimum Gasteiger partial charge on any atom is -0.378 e. The van der Waals surface area contributed by atoms with Gasteiger partial charge in [-0.25, -0.2) is 8.78 Å². The monoisotopic (exact) mass is 382 g/mol. The highest BCUT2D eigenvalue weighted by Crippen LogP contribution is 2.23. The second kappa shape index (κ2) is 9.62. The fourth-order valence-corrected chi connectivity index (χ4v) is 2.86. The summed E-state index contributed by atoms with van der Waals surface area (Å²) in [6.45, 7) is 1.86. The SMILES string of the molecule is Cl.O=C(CC1COCCN1)NC(c1ccc(F)cc1)c1ccc(F)cc1. The molecule has 0 radical (unpaired) electrons. The first-order valence-corrected chi connectivity index (χ1v) is 8.23. The largest absolute Gasteiger partial charge is 0.378 e. The van der Waals surface area contributed by atoms with Crippen LogP contribution in [0.3, 0.4) is 0 Å². The Bertz CT molecular complexity index is 659. The molecule has 7 heteroatoms. The van der Waals surface area contributed by atoms with Crippen molar-refractivity contribution in [1.29, 1.82) is 0 Å². The third-order valence-corrected chi connectivity index (χ3v) is 4.14. The number of benzene rings is 2. The van der Waals surface area contributed by atoms with Crippen LogP contribution in [0.4, 0.5) is 8.78 Å². The molecule has 4 nitrogen and oxygen atoms in total. The highest BCUT2D eigenvalue weighted by atomic mass is 35.5. The highest BCUT2D eigenvalue weighted by Gasteiger charge is 2.21. The number of rotatable bonds is 5. The number of nitrogens with one attached hydrogen (secondary N) is 2. The quantitative estimate of drug-likeness (QED) is 0.836. The lowest BCUT2D eigenvalue weighted by Crippen LogP contribution is -2.44. The van der Waals surface area contributed by atoms with Crippen LogP contribution in [0.2, 0.25) is 0 Å². The Kier molecular flexibility index (Phi) is 7.50. The van der Waals surface area contributed by atoms with Crippen LogP contribution in [-0.2, 0) is 9.53 Å². The Morgan fingerprint density at radius 1 is 1.08 bits per heavy atom. The standard InChI is InChI=1S/C19H20F2N2O2.ClH/c20-15-5-1-13(2-6-15)19(14-3-7-16(21)8-4-14)23-18(24)11-17-12-25-10-9-22-17;/h1-8,17,19,22H,9-12H2,(H,23,24);1H. The number of hydrogen-bond donors (Lipinski definition) is 2. The van der Waals surface area contributed by atoms with Gasteiger partial charge in [0.2, 0.25) is 5.91 Å². The summed E-state index contributed by atoms with van der Waals surface area (Å²) < 4.78 is 31.8. The number of amides is 1. The third kappa shape index (κ3) is 5.49. The summed E-state index contributed by atoms with van der Waals surface area (Å²) in [5.41, 5.74) is 1.46. The minimum absolute atomic E-state index is 0. The first-order chi connectivity index (χ1) is 12.1. The molecule has 1 saturated heterocycles. The number of halogens is 3. The molecular weight excluding hydrogens is 362 g/mol. The molecule has 3 rings (SSSR count). The van der Waals surface area contributed by atoms with Crippen LogP contribution in [0.25, 0.3) is 0 Å². The Hall–Kier alpha value is -2.02. The van der Waals surface area contributed by atoms with Crippen LogP contribution in [0.5, 0.6) is 0 Å². The zero-order valence-corrected chi connectivity index (χ0v) is 14.9. The van der Waals surface area contributed by atoms with Crippen LogP contribution in [0.15, 0.2) is 48.5 Å². The van der Waals surface area contributed by atoms with E-state index in [1.807, 2.05) is 0 Å². The van der Waals surface area contributed by atoms with E-state index in [2.05, 4.69) is 10.6 Å². The van der Waals surface area contributed by atoms with Crippen molar-refractivity contribution >= 4 is 18.3 Å². The molecule has 1 atom stereocenters. The maximum absolute atomic E-state index is 13.2. The maximum Gasteiger partial charge on any atom is 0.222 e. The third-order valence-electron chi connectivity index (χ3n) is 4.14. The molecule has 0 aliphatic carbocycles. The van der Waals surface area contributed by atoms with E-state index >= 15 is 0 Å². The van der Waals surface area contributed by atoms with Crippen LogP contribution >= 0.6 is 12.4 Å². The maximum atomic E-state index is 13.2. The van der Waals surface area contributed by atoms with E-state index in [9.17, 15) is 13.6 Å². The fourth-order valence-electron chi connectivity index (χ4n) is 2.86. The second-order valence-corrected chi connectivity index (χ2v) is 6.03. The van der Waals surface area contributed by atoms with Gasteiger partial charge in [0.25, 0.3) is 0 Å². The van der Waals surface area contributed by atoms with Crippen LogP contribution < -0.4 is 10.6 Å². The Morgan fingerprint density at radius 2 is 1.62 bits per heavy atom. The molecule has 2 aromatic rings. The Labute approximate surface area is 157 Å². The molecule has 0 saturated carbocycles. The average molecular weight is 383 g/mol. The lowest BCUT2D eigenvalue weighted by atomic mass is 9.98. The van der Waals surface area contributed by atoms with Gasteiger partial charge >= 0.3 is 0 Å². The second-order valence-electron chi connectivity index (χ2n) is 6.03. The van der Waals surface area contributed by atoms with Crippen molar-refractivity contribution in [2.45, 2.75) is 18.5 Å². The molecule has 1 fully saturated rings. The van der Waals surface area contributed by atoms with Crippen molar-refractivity contribution < 1.29 is 18.3 Å². The van der Waals surface area contributed by atoms with Crippen LogP contribution in [-0.4, -0.2) is 31.7 Å². The predicted molar refractivity (Wildman–Crippen MR) is 97.3 cm³/mol. The van der Waals surface area contributed by atoms with Gasteiger partial charge in [-0.2, -0.15) is 0 Å². The molecule has 2 N–H and O–H groups in total. The normalized spacial score (nSPS) is 16.8. The fraction of sp³-hybridized carbons (Fsp3) is 0.316. The van der Waals surface area contributed by atoms with Gasteiger partial charge in [-0.1, -0.05) is 24.3 Å². The summed E-state index contributed by atoms with van der Waals surface area (Å²) in [6, 6.07) is 11.3. The van der Waals surface area contributed by atoms with Crippen molar-refractivity contribution in [3.05, 3.63) is 71.3 Å². The first kappa shape index (κ1) is 20.3. The van der Waals surface area contributed by atoms with Crippen molar-refractivity contribution in [3.8, 4) is 0 Å². The zero-order valence-electron chi connectivity index (χ0n) is 14.1. The Morgan fingerprint density at radius 3 is 2.08 bits per heavy atom. The van der Waals surface area contributed by atoms with Crippen molar-refractivity contribution in [1.82, 2.24) is 10.6 Å². The molecule has 0 aromatic heterocycles. The number of hydrogen-bond acceptors (Lipinski definition) is 3. The van der Waals surface area contributed by atoms with Gasteiger partial charge < -0.3 is 15.4 Å². The summed E-state index contributed by atoms with van der Waals surface area (Å²) in [6.07, 6.45) is 0.277.